The van der Waals surface area contributed by atoms with Crippen LogP contribution in [0.15, 0.2) is 42.7 Å². The number of para-hydroxylation sites is 1. The van der Waals surface area contributed by atoms with Crippen LogP contribution in [0.25, 0.3) is 0 Å². The molecule has 0 bridgehead atoms. The van der Waals surface area contributed by atoms with E-state index < -0.39 is 0 Å². The van der Waals surface area contributed by atoms with E-state index >= 15 is 0 Å². The zero-order valence-electron chi connectivity index (χ0n) is 10.8. The Morgan fingerprint density at radius 2 is 1.89 bits per heavy atom. The highest BCUT2D eigenvalue weighted by molar-refractivity contribution is 5.61. The normalized spacial score (nSPS) is 10.1. The molecule has 0 radical (unpaired) electrons. The van der Waals surface area contributed by atoms with Gasteiger partial charge in [0.25, 0.3) is 0 Å². The molecule has 1 aromatic heterocycles. The Morgan fingerprint density at radius 1 is 1.11 bits per heavy atom. The monoisotopic (exact) mass is 242 g/mol. The summed E-state index contributed by atoms with van der Waals surface area (Å²) in [5.74, 6) is 1.77. The maximum absolute atomic E-state index is 4.34. The molecule has 1 heterocycles. The third kappa shape index (κ3) is 2.77. The van der Waals surface area contributed by atoms with Gasteiger partial charge in [0.05, 0.1) is 0 Å². The van der Waals surface area contributed by atoms with Gasteiger partial charge in [-0.05, 0) is 26.0 Å². The van der Waals surface area contributed by atoms with E-state index in [4.69, 9.17) is 0 Å². The summed E-state index contributed by atoms with van der Waals surface area (Å²) in [6.45, 7) is 5.89. The second-order valence-electron chi connectivity index (χ2n) is 3.87. The van der Waals surface area contributed by atoms with Gasteiger partial charge in [0.1, 0.15) is 18.0 Å². The zero-order valence-corrected chi connectivity index (χ0v) is 10.8. The van der Waals surface area contributed by atoms with Crippen LogP contribution in [0.5, 0.6) is 0 Å². The number of hydrogen-bond donors (Lipinski definition) is 1. The summed E-state index contributed by atoms with van der Waals surface area (Å²) in [6, 6.07) is 12.2. The third-order valence-corrected chi connectivity index (χ3v) is 2.67. The van der Waals surface area contributed by atoms with Crippen molar-refractivity contribution in [3.63, 3.8) is 0 Å². The SMILES string of the molecule is CCNc1cc(N(CC)c2ccccc2)ncn1. The fraction of sp³-hybridized carbons (Fsp3) is 0.286. The molecule has 1 aromatic carbocycles. The van der Waals surface area contributed by atoms with E-state index in [1.807, 2.05) is 24.3 Å². The number of benzene rings is 1. The van der Waals surface area contributed by atoms with Gasteiger partial charge >= 0.3 is 0 Å². The molecule has 4 nitrogen and oxygen atoms in total. The van der Waals surface area contributed by atoms with Crippen LogP contribution in [-0.2, 0) is 0 Å². The lowest BCUT2D eigenvalue weighted by molar-refractivity contribution is 0.974. The van der Waals surface area contributed by atoms with E-state index in [0.717, 1.165) is 30.4 Å². The molecule has 1 N–H and O–H groups in total. The fourth-order valence-corrected chi connectivity index (χ4v) is 1.86. The van der Waals surface area contributed by atoms with Crippen molar-refractivity contribution >= 4 is 17.3 Å². The molecule has 0 aliphatic rings. The van der Waals surface area contributed by atoms with E-state index in [-0.39, 0.29) is 0 Å². The first-order chi connectivity index (χ1) is 8.85. The molecular formula is C14H18N4. The summed E-state index contributed by atoms with van der Waals surface area (Å²) in [7, 11) is 0. The molecule has 0 amide bonds. The van der Waals surface area contributed by atoms with Crippen molar-refractivity contribution in [2.45, 2.75) is 13.8 Å². The molecule has 2 aromatic rings. The van der Waals surface area contributed by atoms with Crippen LogP contribution < -0.4 is 10.2 Å². The number of anilines is 3. The van der Waals surface area contributed by atoms with Crippen molar-refractivity contribution in [3.05, 3.63) is 42.7 Å². The Bertz CT molecular complexity index is 484. The van der Waals surface area contributed by atoms with E-state index in [1.165, 1.54) is 0 Å². The molecule has 0 atom stereocenters. The Balaban J connectivity index is 2.30. The van der Waals surface area contributed by atoms with Crippen LogP contribution in [0.4, 0.5) is 17.3 Å². The van der Waals surface area contributed by atoms with Crippen LogP contribution in [0, 0.1) is 0 Å². The molecule has 4 heteroatoms. The zero-order chi connectivity index (χ0) is 12.8. The molecule has 18 heavy (non-hydrogen) atoms. The molecule has 0 saturated carbocycles. The molecule has 0 unspecified atom stereocenters. The van der Waals surface area contributed by atoms with Crippen LogP contribution in [0.1, 0.15) is 13.8 Å². The Morgan fingerprint density at radius 3 is 2.56 bits per heavy atom. The molecule has 94 valence electrons. The summed E-state index contributed by atoms with van der Waals surface area (Å²) in [6.07, 6.45) is 1.60. The van der Waals surface area contributed by atoms with Gasteiger partial charge in [-0.3, -0.25) is 0 Å². The van der Waals surface area contributed by atoms with Gasteiger partial charge in [-0.15, -0.1) is 0 Å². The predicted molar refractivity (Wildman–Crippen MR) is 75.3 cm³/mol. The highest BCUT2D eigenvalue weighted by Gasteiger charge is 2.08. The lowest BCUT2D eigenvalue weighted by Crippen LogP contribution is -2.17. The summed E-state index contributed by atoms with van der Waals surface area (Å²) in [5.41, 5.74) is 1.14. The van der Waals surface area contributed by atoms with Gasteiger partial charge < -0.3 is 10.2 Å². The second kappa shape index (κ2) is 6.00. The van der Waals surface area contributed by atoms with Crippen molar-refractivity contribution in [1.29, 1.82) is 0 Å². The van der Waals surface area contributed by atoms with Crippen molar-refractivity contribution in [2.24, 2.45) is 0 Å². The standard InChI is InChI=1S/C14H18N4/c1-3-15-13-10-14(17-11-16-13)18(4-2)12-8-6-5-7-9-12/h5-11H,3-4H2,1-2H3,(H,15,16,17). The molecule has 0 aliphatic heterocycles. The van der Waals surface area contributed by atoms with Crippen LogP contribution in [-0.4, -0.2) is 23.1 Å². The minimum Gasteiger partial charge on any atom is -0.370 e. The summed E-state index contributed by atoms with van der Waals surface area (Å²) in [5, 5.41) is 3.20. The first-order valence-corrected chi connectivity index (χ1v) is 6.23. The number of hydrogen-bond acceptors (Lipinski definition) is 4. The molecule has 2 rings (SSSR count). The first kappa shape index (κ1) is 12.4. The Labute approximate surface area is 108 Å². The Kier molecular flexibility index (Phi) is 4.12. The van der Waals surface area contributed by atoms with Gasteiger partial charge in [-0.1, -0.05) is 18.2 Å². The van der Waals surface area contributed by atoms with E-state index in [9.17, 15) is 0 Å². The first-order valence-electron chi connectivity index (χ1n) is 6.23. The number of aromatic nitrogens is 2. The van der Waals surface area contributed by atoms with E-state index in [1.54, 1.807) is 6.33 Å². The summed E-state index contributed by atoms with van der Waals surface area (Å²) >= 11 is 0. The van der Waals surface area contributed by atoms with Crippen LogP contribution >= 0.6 is 0 Å². The van der Waals surface area contributed by atoms with Crippen molar-refractivity contribution < 1.29 is 0 Å². The van der Waals surface area contributed by atoms with Crippen LogP contribution in [0.2, 0.25) is 0 Å². The molecule has 0 saturated heterocycles. The second-order valence-corrected chi connectivity index (χ2v) is 3.87. The van der Waals surface area contributed by atoms with Crippen molar-refractivity contribution in [1.82, 2.24) is 9.97 Å². The summed E-state index contributed by atoms with van der Waals surface area (Å²) < 4.78 is 0. The number of nitrogens with zero attached hydrogens (tertiary/aromatic N) is 3. The van der Waals surface area contributed by atoms with Gasteiger partial charge in [0.15, 0.2) is 0 Å². The number of nitrogens with one attached hydrogen (secondary N) is 1. The van der Waals surface area contributed by atoms with Gasteiger partial charge in [-0.2, -0.15) is 0 Å². The maximum atomic E-state index is 4.34. The van der Waals surface area contributed by atoms with Gasteiger partial charge in [-0.25, -0.2) is 9.97 Å². The predicted octanol–water partition coefficient (Wildman–Crippen LogP) is 3.07. The topological polar surface area (TPSA) is 41.0 Å². The highest BCUT2D eigenvalue weighted by Crippen LogP contribution is 2.23. The minimum atomic E-state index is 0.855. The number of rotatable bonds is 5. The fourth-order valence-electron chi connectivity index (χ4n) is 1.86. The quantitative estimate of drug-likeness (QED) is 0.874. The molecule has 0 fully saturated rings. The Hall–Kier alpha value is -2.10. The lowest BCUT2D eigenvalue weighted by Gasteiger charge is -2.22. The van der Waals surface area contributed by atoms with E-state index in [0.29, 0.717) is 0 Å². The summed E-state index contributed by atoms with van der Waals surface area (Å²) in [4.78, 5) is 10.7. The highest BCUT2D eigenvalue weighted by atomic mass is 15.2. The van der Waals surface area contributed by atoms with Crippen molar-refractivity contribution in [3.8, 4) is 0 Å². The smallest absolute Gasteiger partial charge is 0.138 e. The average molecular weight is 242 g/mol. The van der Waals surface area contributed by atoms with E-state index in [2.05, 4.69) is 46.2 Å². The van der Waals surface area contributed by atoms with Crippen molar-refractivity contribution in [2.75, 3.05) is 23.3 Å². The lowest BCUT2D eigenvalue weighted by atomic mass is 10.3. The largest absolute Gasteiger partial charge is 0.370 e. The van der Waals surface area contributed by atoms with Crippen LogP contribution in [0.3, 0.4) is 0 Å². The molecule has 0 spiro atoms. The van der Waals surface area contributed by atoms with Gasteiger partial charge in [0.2, 0.25) is 0 Å². The minimum absolute atomic E-state index is 0.855. The third-order valence-electron chi connectivity index (χ3n) is 2.67. The molecular weight excluding hydrogens is 224 g/mol. The van der Waals surface area contributed by atoms with Gasteiger partial charge in [0, 0.05) is 24.8 Å². The molecule has 0 aliphatic carbocycles. The maximum Gasteiger partial charge on any atom is 0.138 e. The average Bonchev–Trinajstić information content (AvgIpc) is 2.42.